The van der Waals surface area contributed by atoms with Crippen molar-refractivity contribution in [3.8, 4) is 0 Å². The molecule has 2 rings (SSSR count). The summed E-state index contributed by atoms with van der Waals surface area (Å²) >= 11 is 3.07. The van der Waals surface area contributed by atoms with Crippen LogP contribution in [-0.4, -0.2) is 32.2 Å². The average molecular weight is 389 g/mol. The van der Waals surface area contributed by atoms with Gasteiger partial charge in [0.15, 0.2) is 5.13 Å². The Kier molecular flexibility index (Phi) is 6.90. The number of carbonyl (C=O) groups is 1. The second kappa shape index (κ2) is 8.70. The maximum atomic E-state index is 11.0. The molecule has 0 aliphatic heterocycles. The van der Waals surface area contributed by atoms with Crippen molar-refractivity contribution >= 4 is 43.8 Å². The summed E-state index contributed by atoms with van der Waals surface area (Å²) in [6.07, 6.45) is 4.20. The third-order valence-electron chi connectivity index (χ3n) is 3.21. The van der Waals surface area contributed by atoms with E-state index in [0.29, 0.717) is 11.6 Å². The van der Waals surface area contributed by atoms with E-state index in [2.05, 4.69) is 21.1 Å². The van der Waals surface area contributed by atoms with E-state index in [1.165, 1.54) is 29.4 Å². The second-order valence-corrected chi connectivity index (χ2v) is 8.62. The Hall–Kier alpha value is -1.29. The molecule has 0 atom stereocenters. The summed E-state index contributed by atoms with van der Waals surface area (Å²) in [6, 6.07) is 0. The highest BCUT2D eigenvalue weighted by molar-refractivity contribution is 7.85. The minimum Gasteiger partial charge on any atom is -0.302 e. The number of hydrogen-bond acceptors (Lipinski definition) is 7. The average Bonchev–Trinajstić information content (AvgIpc) is 3.09. The highest BCUT2D eigenvalue weighted by Gasteiger charge is 2.08. The summed E-state index contributed by atoms with van der Waals surface area (Å²) < 4.78 is 26.6. The number of rotatable bonds is 9. The van der Waals surface area contributed by atoms with Crippen molar-refractivity contribution < 1.29 is 17.4 Å². The number of aryl methyl sites for hydroxylation is 3. The molecule has 0 fully saturated rings. The lowest BCUT2D eigenvalue weighted by molar-refractivity contribution is -0.114. The molecule has 0 saturated heterocycles. The van der Waals surface area contributed by atoms with Crippen molar-refractivity contribution in [2.75, 3.05) is 18.2 Å². The van der Waals surface area contributed by atoms with Gasteiger partial charge in [-0.05, 0) is 47.6 Å². The topological polar surface area (TPSA) is 85.4 Å². The van der Waals surface area contributed by atoms with Crippen LogP contribution in [0.1, 0.15) is 30.2 Å². The first kappa shape index (κ1) is 19.0. The van der Waals surface area contributed by atoms with E-state index in [9.17, 15) is 13.2 Å². The Bertz CT molecular complexity index is 780. The van der Waals surface area contributed by atoms with Gasteiger partial charge in [-0.25, -0.2) is 4.98 Å². The van der Waals surface area contributed by atoms with Crippen molar-refractivity contribution in [3.05, 3.63) is 33.0 Å². The third-order valence-corrected chi connectivity index (χ3v) is 5.45. The van der Waals surface area contributed by atoms with Crippen LogP contribution < -0.4 is 5.32 Å². The van der Waals surface area contributed by atoms with Crippen LogP contribution in [0.3, 0.4) is 0 Å². The van der Waals surface area contributed by atoms with Gasteiger partial charge in [0, 0.05) is 12.3 Å². The molecule has 0 bridgehead atoms. The van der Waals surface area contributed by atoms with E-state index >= 15 is 0 Å². The number of aromatic nitrogens is 1. The van der Waals surface area contributed by atoms with Crippen LogP contribution in [0.15, 0.2) is 16.1 Å². The zero-order chi connectivity index (χ0) is 17.6. The highest BCUT2D eigenvalue weighted by Crippen LogP contribution is 2.21. The van der Waals surface area contributed by atoms with Crippen LogP contribution in [-0.2, 0) is 38.4 Å². The number of thiazole rings is 1. The predicted octanol–water partition coefficient (Wildman–Crippen LogP) is 2.86. The highest BCUT2D eigenvalue weighted by atomic mass is 32.2. The number of anilines is 1. The van der Waals surface area contributed by atoms with Crippen LogP contribution in [0.2, 0.25) is 0 Å². The van der Waals surface area contributed by atoms with Gasteiger partial charge in [-0.1, -0.05) is 0 Å². The van der Waals surface area contributed by atoms with Crippen molar-refractivity contribution in [2.45, 2.75) is 32.6 Å². The van der Waals surface area contributed by atoms with Gasteiger partial charge in [0.2, 0.25) is 5.91 Å². The lowest BCUT2D eigenvalue weighted by atomic mass is 10.0. The first-order valence-corrected chi connectivity index (χ1v) is 11.1. The molecule has 0 spiro atoms. The molecule has 1 amide bonds. The normalized spacial score (nSPS) is 11.6. The predicted molar refractivity (Wildman–Crippen MR) is 97.3 cm³/mol. The monoisotopic (exact) mass is 388 g/mol. The number of carbonyl (C=O) groups excluding carboxylic acids is 1. The van der Waals surface area contributed by atoms with Crippen molar-refractivity contribution in [1.29, 1.82) is 0 Å². The Labute approximate surface area is 150 Å². The fourth-order valence-corrected chi connectivity index (χ4v) is 4.30. The summed E-state index contributed by atoms with van der Waals surface area (Å²) in [7, 11) is -3.36. The number of thiophene rings is 1. The molecule has 0 aliphatic rings. The van der Waals surface area contributed by atoms with Crippen LogP contribution in [0.5, 0.6) is 0 Å². The fourth-order valence-electron chi connectivity index (χ4n) is 2.15. The lowest BCUT2D eigenvalue weighted by Crippen LogP contribution is -2.05. The van der Waals surface area contributed by atoms with Crippen molar-refractivity contribution in [2.24, 2.45) is 0 Å². The largest absolute Gasteiger partial charge is 0.302 e. The molecule has 9 heteroatoms. The Balaban J connectivity index is 1.82. The quantitative estimate of drug-likeness (QED) is 0.527. The minimum absolute atomic E-state index is 0.118. The van der Waals surface area contributed by atoms with Gasteiger partial charge in [0.1, 0.15) is 0 Å². The van der Waals surface area contributed by atoms with Gasteiger partial charge in [-0.2, -0.15) is 19.8 Å². The van der Waals surface area contributed by atoms with Crippen LogP contribution in [0, 0.1) is 0 Å². The van der Waals surface area contributed by atoms with E-state index in [0.717, 1.165) is 31.2 Å². The van der Waals surface area contributed by atoms with Gasteiger partial charge in [0.25, 0.3) is 10.1 Å². The second-order valence-electron chi connectivity index (χ2n) is 5.38. The molecule has 0 unspecified atom stereocenters. The minimum atomic E-state index is -3.36. The molecule has 6 nitrogen and oxygen atoms in total. The van der Waals surface area contributed by atoms with E-state index in [1.54, 1.807) is 11.3 Å². The molecule has 2 heterocycles. The van der Waals surface area contributed by atoms with Gasteiger partial charge in [-0.15, -0.1) is 11.3 Å². The molecular weight excluding hydrogens is 368 g/mol. The Morgan fingerprint density at radius 3 is 2.58 bits per heavy atom. The van der Waals surface area contributed by atoms with E-state index < -0.39 is 10.1 Å². The zero-order valence-corrected chi connectivity index (χ0v) is 16.0. The van der Waals surface area contributed by atoms with E-state index in [1.807, 2.05) is 5.38 Å². The van der Waals surface area contributed by atoms with Crippen molar-refractivity contribution in [1.82, 2.24) is 4.98 Å². The molecule has 2 aromatic rings. The first-order chi connectivity index (χ1) is 11.3. The molecule has 0 saturated carbocycles. The molecular formula is C15H20N2O4S3. The van der Waals surface area contributed by atoms with Gasteiger partial charge in [0.05, 0.1) is 18.6 Å². The molecule has 24 heavy (non-hydrogen) atoms. The maximum absolute atomic E-state index is 11.0. The third kappa shape index (κ3) is 6.68. The van der Waals surface area contributed by atoms with Gasteiger partial charge < -0.3 is 5.32 Å². The first-order valence-electron chi connectivity index (χ1n) is 7.44. The fraction of sp³-hybridized carbons (Fsp3) is 0.467. The molecule has 0 aromatic carbocycles. The summed E-state index contributed by atoms with van der Waals surface area (Å²) in [5.74, 6) is -0.118. The number of nitrogens with one attached hydrogen (secondary N) is 1. The smallest absolute Gasteiger partial charge is 0.264 e. The Morgan fingerprint density at radius 2 is 1.92 bits per heavy atom. The number of nitrogens with zero attached hydrogens (tertiary/aromatic N) is 1. The molecule has 132 valence electrons. The van der Waals surface area contributed by atoms with Gasteiger partial charge >= 0.3 is 0 Å². The maximum Gasteiger partial charge on any atom is 0.264 e. The summed E-state index contributed by atoms with van der Waals surface area (Å²) in [5.41, 5.74) is 3.45. The lowest BCUT2D eigenvalue weighted by Gasteiger charge is -2.04. The number of hydrogen-bond donors (Lipinski definition) is 1. The number of amides is 1. The summed E-state index contributed by atoms with van der Waals surface area (Å²) in [4.78, 5) is 15.4. The van der Waals surface area contributed by atoms with Crippen LogP contribution in [0.25, 0.3) is 0 Å². The molecule has 0 aliphatic carbocycles. The molecule has 2 aromatic heterocycles. The summed E-state index contributed by atoms with van der Waals surface area (Å²) in [6.45, 7) is 1.67. The van der Waals surface area contributed by atoms with Gasteiger partial charge in [-0.3, -0.25) is 8.98 Å². The zero-order valence-electron chi connectivity index (χ0n) is 13.6. The SMILES string of the molecule is CC(=O)Nc1nc(CCc2cscc2CCCOS(C)(=O)=O)cs1. The van der Waals surface area contributed by atoms with E-state index in [-0.39, 0.29) is 12.5 Å². The summed E-state index contributed by atoms with van der Waals surface area (Å²) in [5, 5.41) is 9.48. The van der Waals surface area contributed by atoms with Crippen LogP contribution >= 0.6 is 22.7 Å². The van der Waals surface area contributed by atoms with Crippen LogP contribution in [0.4, 0.5) is 5.13 Å². The van der Waals surface area contributed by atoms with Crippen molar-refractivity contribution in [3.63, 3.8) is 0 Å². The molecule has 0 radical (unpaired) electrons. The molecule has 1 N–H and O–H groups in total. The standard InChI is InChI=1S/C15H20N2O4S3/c1-11(18)16-15-17-14(10-23-15)6-5-13-9-22-8-12(13)4-3-7-21-24(2,19)20/h8-10H,3-7H2,1-2H3,(H,16,17,18). The van der Waals surface area contributed by atoms with E-state index in [4.69, 9.17) is 4.18 Å². The Morgan fingerprint density at radius 1 is 1.21 bits per heavy atom.